The third kappa shape index (κ3) is 3.91. The number of carbonyl (C=O) groups is 1. The second kappa shape index (κ2) is 8.10. The monoisotopic (exact) mass is 370 g/mol. The maximum atomic E-state index is 12.8. The van der Waals surface area contributed by atoms with E-state index in [1.54, 1.807) is 30.5 Å². The number of nitrogens with one attached hydrogen (secondary N) is 1. The molecule has 0 fully saturated rings. The van der Waals surface area contributed by atoms with Gasteiger partial charge >= 0.3 is 0 Å². The van der Waals surface area contributed by atoms with Crippen LogP contribution >= 0.6 is 11.6 Å². The van der Waals surface area contributed by atoms with E-state index < -0.39 is 11.5 Å². The minimum absolute atomic E-state index is 0.122. The van der Waals surface area contributed by atoms with E-state index in [0.29, 0.717) is 22.7 Å². The van der Waals surface area contributed by atoms with E-state index in [1.165, 1.54) is 4.57 Å². The van der Waals surface area contributed by atoms with Gasteiger partial charge in [-0.15, -0.1) is 0 Å². The molecule has 0 unspecified atom stereocenters. The summed E-state index contributed by atoms with van der Waals surface area (Å²) in [5.74, 6) is -0.508. The molecule has 2 heterocycles. The number of rotatable bonds is 6. The number of aromatic nitrogens is 3. The van der Waals surface area contributed by atoms with Crippen molar-refractivity contribution in [2.45, 2.75) is 32.9 Å². The van der Waals surface area contributed by atoms with E-state index in [0.717, 1.165) is 18.4 Å². The molecule has 2 aromatic heterocycles. The van der Waals surface area contributed by atoms with Crippen molar-refractivity contribution in [3.63, 3.8) is 0 Å². The first-order valence-corrected chi connectivity index (χ1v) is 8.86. The fourth-order valence-corrected chi connectivity index (χ4v) is 2.87. The summed E-state index contributed by atoms with van der Waals surface area (Å²) in [6.45, 7) is 2.81. The van der Waals surface area contributed by atoms with Crippen molar-refractivity contribution in [1.82, 2.24) is 19.9 Å². The number of carbonyl (C=O) groups excluding carboxylic acids is 1. The molecule has 1 aromatic carbocycles. The number of fused-ring (bicyclic) bond motifs is 1. The number of benzene rings is 1. The first-order chi connectivity index (χ1) is 12.6. The van der Waals surface area contributed by atoms with Crippen molar-refractivity contribution in [2.24, 2.45) is 0 Å². The predicted molar refractivity (Wildman–Crippen MR) is 101 cm³/mol. The molecule has 0 radical (unpaired) electrons. The Morgan fingerprint density at radius 1 is 1.27 bits per heavy atom. The largest absolute Gasteiger partial charge is 0.346 e. The van der Waals surface area contributed by atoms with Gasteiger partial charge < -0.3 is 5.32 Å². The van der Waals surface area contributed by atoms with E-state index >= 15 is 0 Å². The molecule has 0 aliphatic heterocycles. The summed E-state index contributed by atoms with van der Waals surface area (Å²) < 4.78 is 1.53. The summed E-state index contributed by atoms with van der Waals surface area (Å²) in [4.78, 5) is 33.8. The Morgan fingerprint density at radius 3 is 2.88 bits per heavy atom. The Hall–Kier alpha value is -2.73. The minimum atomic E-state index is -0.508. The Balaban J connectivity index is 1.92. The zero-order chi connectivity index (χ0) is 18.5. The van der Waals surface area contributed by atoms with Gasteiger partial charge in [0.05, 0.1) is 0 Å². The third-order valence-electron chi connectivity index (χ3n) is 3.99. The van der Waals surface area contributed by atoms with Crippen molar-refractivity contribution in [3.05, 3.63) is 69.2 Å². The molecule has 0 bridgehead atoms. The van der Waals surface area contributed by atoms with Crippen LogP contribution < -0.4 is 10.9 Å². The van der Waals surface area contributed by atoms with E-state index in [2.05, 4.69) is 15.3 Å². The third-order valence-corrected chi connectivity index (χ3v) is 4.23. The maximum absolute atomic E-state index is 12.8. The van der Waals surface area contributed by atoms with Gasteiger partial charge in [-0.1, -0.05) is 37.1 Å². The Bertz CT molecular complexity index is 1000. The molecule has 0 aliphatic carbocycles. The molecule has 1 amide bonds. The summed E-state index contributed by atoms with van der Waals surface area (Å²) >= 11 is 5.95. The summed E-state index contributed by atoms with van der Waals surface area (Å²) in [6, 6.07) is 10.7. The zero-order valence-electron chi connectivity index (χ0n) is 14.4. The summed E-state index contributed by atoms with van der Waals surface area (Å²) in [6.07, 6.45) is 3.36. The van der Waals surface area contributed by atoms with Crippen molar-refractivity contribution in [2.75, 3.05) is 0 Å². The Labute approximate surface area is 155 Å². The van der Waals surface area contributed by atoms with Crippen LogP contribution in [0.3, 0.4) is 0 Å². The fraction of sp³-hybridized carbons (Fsp3) is 0.263. The van der Waals surface area contributed by atoms with Gasteiger partial charge in [-0.05, 0) is 36.2 Å². The van der Waals surface area contributed by atoms with Gasteiger partial charge in [0.25, 0.3) is 11.5 Å². The average molecular weight is 371 g/mol. The van der Waals surface area contributed by atoms with Crippen LogP contribution in [0.15, 0.2) is 47.4 Å². The van der Waals surface area contributed by atoms with Gasteiger partial charge in [-0.25, -0.2) is 9.97 Å². The highest BCUT2D eigenvalue weighted by atomic mass is 35.5. The maximum Gasteiger partial charge on any atom is 0.283 e. The molecule has 0 saturated carbocycles. The highest BCUT2D eigenvalue weighted by Gasteiger charge is 2.17. The van der Waals surface area contributed by atoms with Gasteiger partial charge in [0, 0.05) is 24.3 Å². The van der Waals surface area contributed by atoms with Crippen LogP contribution in [0, 0.1) is 0 Å². The summed E-state index contributed by atoms with van der Waals surface area (Å²) in [5, 5.41) is 3.33. The number of unbranched alkanes of at least 4 members (excludes halogenated alkanes) is 1. The van der Waals surface area contributed by atoms with Gasteiger partial charge in [-0.2, -0.15) is 0 Å². The number of amides is 1. The Kier molecular flexibility index (Phi) is 5.63. The number of nitrogens with zero attached hydrogens (tertiary/aromatic N) is 3. The number of hydrogen-bond acceptors (Lipinski definition) is 4. The van der Waals surface area contributed by atoms with Crippen LogP contribution in [0.2, 0.25) is 5.02 Å². The van der Waals surface area contributed by atoms with Gasteiger partial charge in [0.15, 0.2) is 11.3 Å². The second-order valence-electron chi connectivity index (χ2n) is 5.93. The van der Waals surface area contributed by atoms with Crippen LogP contribution in [0.5, 0.6) is 0 Å². The molecule has 26 heavy (non-hydrogen) atoms. The lowest BCUT2D eigenvalue weighted by atomic mass is 10.2. The van der Waals surface area contributed by atoms with Gasteiger partial charge in [-0.3, -0.25) is 14.2 Å². The molecule has 3 aromatic rings. The van der Waals surface area contributed by atoms with Crippen molar-refractivity contribution in [1.29, 1.82) is 0 Å². The first kappa shape index (κ1) is 18.1. The standard InChI is InChI=1S/C19H19ClN4O2/c1-2-3-10-24-17-15(8-5-9-21-17)23-16(19(24)26)18(25)22-12-13-6-4-7-14(20)11-13/h4-9,11H,2-3,10,12H2,1H3,(H,22,25). The average Bonchev–Trinajstić information content (AvgIpc) is 2.65. The highest BCUT2D eigenvalue weighted by Crippen LogP contribution is 2.11. The van der Waals surface area contributed by atoms with Crippen LogP contribution in [-0.4, -0.2) is 20.4 Å². The van der Waals surface area contributed by atoms with Gasteiger partial charge in [0.2, 0.25) is 0 Å². The van der Waals surface area contributed by atoms with Crippen molar-refractivity contribution < 1.29 is 4.79 Å². The van der Waals surface area contributed by atoms with Crippen LogP contribution in [0.25, 0.3) is 11.2 Å². The lowest BCUT2D eigenvalue weighted by Crippen LogP contribution is -2.34. The number of hydrogen-bond donors (Lipinski definition) is 1. The Morgan fingerprint density at radius 2 is 2.12 bits per heavy atom. The lowest BCUT2D eigenvalue weighted by molar-refractivity contribution is 0.0944. The SMILES string of the molecule is CCCCn1c(=O)c(C(=O)NCc2cccc(Cl)c2)nc2cccnc21. The van der Waals surface area contributed by atoms with Crippen molar-refractivity contribution >= 4 is 28.7 Å². The molecule has 3 rings (SSSR count). The van der Waals surface area contributed by atoms with E-state index in [9.17, 15) is 9.59 Å². The van der Waals surface area contributed by atoms with E-state index in [-0.39, 0.29) is 12.2 Å². The van der Waals surface area contributed by atoms with Crippen LogP contribution in [0.4, 0.5) is 0 Å². The molecule has 0 saturated heterocycles. The highest BCUT2D eigenvalue weighted by molar-refractivity contribution is 6.30. The summed E-state index contributed by atoms with van der Waals surface area (Å²) in [7, 11) is 0. The molecular weight excluding hydrogens is 352 g/mol. The van der Waals surface area contributed by atoms with Crippen LogP contribution in [0.1, 0.15) is 35.8 Å². The predicted octanol–water partition coefficient (Wildman–Crippen LogP) is 3.18. The van der Waals surface area contributed by atoms with Crippen molar-refractivity contribution in [3.8, 4) is 0 Å². The molecule has 0 spiro atoms. The molecule has 0 aliphatic rings. The topological polar surface area (TPSA) is 76.9 Å². The number of halogens is 1. The molecule has 0 atom stereocenters. The smallest absolute Gasteiger partial charge is 0.283 e. The second-order valence-corrected chi connectivity index (χ2v) is 6.37. The van der Waals surface area contributed by atoms with E-state index in [4.69, 9.17) is 11.6 Å². The van der Waals surface area contributed by atoms with E-state index in [1.807, 2.05) is 19.1 Å². The minimum Gasteiger partial charge on any atom is -0.346 e. The number of aryl methyl sites for hydroxylation is 1. The quantitative estimate of drug-likeness (QED) is 0.723. The first-order valence-electron chi connectivity index (χ1n) is 8.48. The normalized spacial score (nSPS) is 10.8. The van der Waals surface area contributed by atoms with Crippen LogP contribution in [-0.2, 0) is 13.1 Å². The van der Waals surface area contributed by atoms with Gasteiger partial charge in [0.1, 0.15) is 5.52 Å². The lowest BCUT2D eigenvalue weighted by Gasteiger charge is -2.11. The molecule has 7 heteroatoms. The fourth-order valence-electron chi connectivity index (χ4n) is 2.66. The molecule has 1 N–H and O–H groups in total. The summed E-state index contributed by atoms with van der Waals surface area (Å²) in [5.41, 5.74) is 1.32. The zero-order valence-corrected chi connectivity index (χ0v) is 15.2. The number of pyridine rings is 1. The molecule has 6 nitrogen and oxygen atoms in total. The molecular formula is C19H19ClN4O2. The molecule has 134 valence electrons.